The van der Waals surface area contributed by atoms with Crippen LogP contribution in [0.15, 0.2) is 28.7 Å². The van der Waals surface area contributed by atoms with E-state index >= 15 is 0 Å². The van der Waals surface area contributed by atoms with Gasteiger partial charge in [0.25, 0.3) is 0 Å². The number of rotatable bonds is 3. The molecule has 132 valence electrons. The van der Waals surface area contributed by atoms with Gasteiger partial charge in [0.05, 0.1) is 6.54 Å². The Balaban J connectivity index is 1.78. The number of carbonyl (C=O) groups is 1. The van der Waals surface area contributed by atoms with E-state index in [-0.39, 0.29) is 11.4 Å². The molecule has 0 aromatic heterocycles. The summed E-state index contributed by atoms with van der Waals surface area (Å²) in [5.41, 5.74) is 0.787. The first-order valence-electron chi connectivity index (χ1n) is 8.08. The lowest BCUT2D eigenvalue weighted by atomic mass is 10.1. The highest BCUT2D eigenvalue weighted by atomic mass is 79.9. The molecule has 1 aliphatic rings. The van der Waals surface area contributed by atoms with E-state index in [0.717, 1.165) is 41.5 Å². The molecule has 0 unspecified atom stereocenters. The zero-order valence-electron chi connectivity index (χ0n) is 14.4. The van der Waals surface area contributed by atoms with Crippen LogP contribution < -0.4 is 10.6 Å². The van der Waals surface area contributed by atoms with Crippen molar-refractivity contribution in [1.82, 2.24) is 15.1 Å². The van der Waals surface area contributed by atoms with Gasteiger partial charge >= 0.3 is 0 Å². The van der Waals surface area contributed by atoms with Crippen molar-refractivity contribution in [3.8, 4) is 0 Å². The Morgan fingerprint density at radius 3 is 2.50 bits per heavy atom. The molecule has 5 nitrogen and oxygen atoms in total. The normalized spacial score (nSPS) is 15.9. The molecule has 0 spiro atoms. The Kier molecular flexibility index (Phi) is 6.60. The second kappa shape index (κ2) is 8.27. The number of nitrogens with zero attached hydrogens (tertiary/aromatic N) is 2. The summed E-state index contributed by atoms with van der Waals surface area (Å²) < 4.78 is 1.02. The van der Waals surface area contributed by atoms with Gasteiger partial charge in [-0.1, -0.05) is 22.0 Å². The first-order valence-corrected chi connectivity index (χ1v) is 9.28. The molecule has 1 aliphatic heterocycles. The molecule has 0 bridgehead atoms. The third-order valence-corrected chi connectivity index (χ3v) is 4.47. The van der Waals surface area contributed by atoms with Crippen molar-refractivity contribution in [2.24, 2.45) is 0 Å². The van der Waals surface area contributed by atoms with E-state index in [2.05, 4.69) is 36.4 Å². The van der Waals surface area contributed by atoms with Gasteiger partial charge in [-0.25, -0.2) is 0 Å². The van der Waals surface area contributed by atoms with Crippen LogP contribution in [-0.4, -0.2) is 59.1 Å². The SMILES string of the molecule is CC(C)(C)NC(=O)CN1CCN(C(=S)Nc2cccc(Br)c2)CC1. The molecule has 0 radical (unpaired) electrons. The molecule has 7 heteroatoms. The van der Waals surface area contributed by atoms with Crippen LogP contribution in [0.1, 0.15) is 20.8 Å². The van der Waals surface area contributed by atoms with Crippen LogP contribution in [-0.2, 0) is 4.79 Å². The molecule has 1 heterocycles. The van der Waals surface area contributed by atoms with Crippen molar-refractivity contribution in [3.63, 3.8) is 0 Å². The van der Waals surface area contributed by atoms with Gasteiger partial charge in [0.2, 0.25) is 5.91 Å². The van der Waals surface area contributed by atoms with Gasteiger partial charge in [-0.05, 0) is 51.2 Å². The lowest BCUT2D eigenvalue weighted by Crippen LogP contribution is -2.53. The third kappa shape index (κ3) is 6.37. The number of halogens is 1. The molecule has 0 saturated carbocycles. The van der Waals surface area contributed by atoms with Crippen molar-refractivity contribution >= 4 is 44.9 Å². The van der Waals surface area contributed by atoms with Crippen LogP contribution in [0, 0.1) is 0 Å². The summed E-state index contributed by atoms with van der Waals surface area (Å²) in [7, 11) is 0. The van der Waals surface area contributed by atoms with Crippen LogP contribution in [0.2, 0.25) is 0 Å². The summed E-state index contributed by atoms with van der Waals surface area (Å²) in [6.45, 7) is 9.73. The molecule has 1 aromatic rings. The molecule has 24 heavy (non-hydrogen) atoms. The summed E-state index contributed by atoms with van der Waals surface area (Å²) in [5, 5.41) is 7.00. The maximum Gasteiger partial charge on any atom is 0.234 e. The molecule has 0 aliphatic carbocycles. The Labute approximate surface area is 157 Å². The largest absolute Gasteiger partial charge is 0.350 e. The Bertz CT molecular complexity index is 594. The molecule has 1 aromatic carbocycles. The van der Waals surface area contributed by atoms with Gasteiger partial charge in [-0.15, -0.1) is 0 Å². The summed E-state index contributed by atoms with van der Waals surface area (Å²) in [4.78, 5) is 16.3. The predicted molar refractivity (Wildman–Crippen MR) is 106 cm³/mol. The smallest absolute Gasteiger partial charge is 0.234 e. The molecule has 0 atom stereocenters. The first kappa shape index (κ1) is 19.1. The predicted octanol–water partition coefficient (Wildman–Crippen LogP) is 2.68. The van der Waals surface area contributed by atoms with E-state index in [9.17, 15) is 4.79 Å². The van der Waals surface area contributed by atoms with Crippen LogP contribution in [0.4, 0.5) is 5.69 Å². The fraction of sp³-hybridized carbons (Fsp3) is 0.529. The summed E-state index contributed by atoms with van der Waals surface area (Å²) >= 11 is 8.96. The summed E-state index contributed by atoms with van der Waals surface area (Å²) in [5.74, 6) is 0.0748. The zero-order chi connectivity index (χ0) is 17.7. The Morgan fingerprint density at radius 2 is 1.92 bits per heavy atom. The van der Waals surface area contributed by atoms with Crippen LogP contribution in [0.3, 0.4) is 0 Å². The maximum atomic E-state index is 12.0. The summed E-state index contributed by atoms with van der Waals surface area (Å²) in [6, 6.07) is 7.94. The highest BCUT2D eigenvalue weighted by Gasteiger charge is 2.22. The second-order valence-electron chi connectivity index (χ2n) is 7.00. The number of anilines is 1. The van der Waals surface area contributed by atoms with E-state index in [1.165, 1.54) is 0 Å². The molecule has 1 saturated heterocycles. The topological polar surface area (TPSA) is 47.6 Å². The number of carbonyl (C=O) groups excluding carboxylic acids is 1. The third-order valence-electron chi connectivity index (χ3n) is 3.62. The van der Waals surface area contributed by atoms with Gasteiger partial charge in [0, 0.05) is 41.9 Å². The van der Waals surface area contributed by atoms with Crippen LogP contribution in [0.5, 0.6) is 0 Å². The first-order chi connectivity index (χ1) is 11.2. The fourth-order valence-electron chi connectivity index (χ4n) is 2.54. The minimum absolute atomic E-state index is 0.0748. The lowest BCUT2D eigenvalue weighted by molar-refractivity contribution is -0.123. The zero-order valence-corrected chi connectivity index (χ0v) is 16.8. The number of hydrogen-bond donors (Lipinski definition) is 2. The molecular formula is C17H25BrN4OS. The maximum absolute atomic E-state index is 12.0. The van der Waals surface area contributed by atoms with Crippen molar-refractivity contribution in [1.29, 1.82) is 0 Å². The second-order valence-corrected chi connectivity index (χ2v) is 8.30. The van der Waals surface area contributed by atoms with Gasteiger partial charge in [0.15, 0.2) is 5.11 Å². The lowest BCUT2D eigenvalue weighted by Gasteiger charge is -2.36. The molecule has 2 rings (SSSR count). The van der Waals surface area contributed by atoms with Crippen molar-refractivity contribution < 1.29 is 4.79 Å². The average molecular weight is 413 g/mol. The highest BCUT2D eigenvalue weighted by molar-refractivity contribution is 9.10. The standard InChI is InChI=1S/C17H25BrN4OS/c1-17(2,3)20-15(23)12-21-7-9-22(10-8-21)16(24)19-14-6-4-5-13(18)11-14/h4-6,11H,7-10,12H2,1-3H3,(H,19,24)(H,20,23). The Hall–Kier alpha value is -1.18. The Morgan fingerprint density at radius 1 is 1.25 bits per heavy atom. The minimum atomic E-state index is -0.186. The van der Waals surface area contributed by atoms with Gasteiger partial charge in [-0.3, -0.25) is 9.69 Å². The van der Waals surface area contributed by atoms with Crippen molar-refractivity contribution in [3.05, 3.63) is 28.7 Å². The summed E-state index contributed by atoms with van der Waals surface area (Å²) in [6.07, 6.45) is 0. The highest BCUT2D eigenvalue weighted by Crippen LogP contribution is 2.16. The average Bonchev–Trinajstić information content (AvgIpc) is 2.45. The monoisotopic (exact) mass is 412 g/mol. The minimum Gasteiger partial charge on any atom is -0.350 e. The quantitative estimate of drug-likeness (QED) is 0.747. The molecule has 2 N–H and O–H groups in total. The van der Waals surface area contributed by atoms with Crippen LogP contribution >= 0.6 is 28.1 Å². The fourth-order valence-corrected chi connectivity index (χ4v) is 3.24. The van der Waals surface area contributed by atoms with E-state index in [1.807, 2.05) is 45.0 Å². The van der Waals surface area contributed by atoms with Crippen molar-refractivity contribution in [2.75, 3.05) is 38.0 Å². The number of amides is 1. The van der Waals surface area contributed by atoms with Gasteiger partial charge < -0.3 is 15.5 Å². The van der Waals surface area contributed by atoms with E-state index < -0.39 is 0 Å². The molecular weight excluding hydrogens is 388 g/mol. The van der Waals surface area contributed by atoms with E-state index in [4.69, 9.17) is 12.2 Å². The van der Waals surface area contributed by atoms with Gasteiger partial charge in [0.1, 0.15) is 0 Å². The number of thiocarbonyl (C=S) groups is 1. The number of piperazine rings is 1. The number of benzene rings is 1. The number of nitrogens with one attached hydrogen (secondary N) is 2. The molecule has 1 fully saturated rings. The molecule has 1 amide bonds. The van der Waals surface area contributed by atoms with Crippen LogP contribution in [0.25, 0.3) is 0 Å². The van der Waals surface area contributed by atoms with Crippen molar-refractivity contribution in [2.45, 2.75) is 26.3 Å². The van der Waals surface area contributed by atoms with E-state index in [0.29, 0.717) is 6.54 Å². The number of hydrogen-bond acceptors (Lipinski definition) is 3. The van der Waals surface area contributed by atoms with E-state index in [1.54, 1.807) is 0 Å². The van der Waals surface area contributed by atoms with Gasteiger partial charge in [-0.2, -0.15) is 0 Å².